The van der Waals surface area contributed by atoms with Crippen molar-refractivity contribution in [2.24, 2.45) is 11.3 Å². The maximum absolute atomic E-state index is 13.3. The highest BCUT2D eigenvalue weighted by molar-refractivity contribution is 7.92. The van der Waals surface area contributed by atoms with Crippen LogP contribution in [0.1, 0.15) is 54.6 Å². The average molecular weight is 456 g/mol. The molecule has 170 valence electrons. The number of para-hydroxylation sites is 1. The molecule has 2 bridgehead atoms. The third-order valence-electron chi connectivity index (χ3n) is 7.58. The molecule has 2 atom stereocenters. The highest BCUT2D eigenvalue weighted by atomic mass is 32.2. The van der Waals surface area contributed by atoms with Gasteiger partial charge in [0.1, 0.15) is 5.54 Å². The van der Waals surface area contributed by atoms with E-state index in [9.17, 15) is 23.1 Å². The summed E-state index contributed by atoms with van der Waals surface area (Å²) in [7, 11) is -3.74. The largest absolute Gasteiger partial charge is 0.478 e. The van der Waals surface area contributed by atoms with E-state index < -0.39 is 26.9 Å². The number of aryl methyl sites for hydroxylation is 2. The van der Waals surface area contributed by atoms with Gasteiger partial charge in [-0.1, -0.05) is 44.2 Å². The van der Waals surface area contributed by atoms with Crippen LogP contribution in [-0.4, -0.2) is 37.1 Å². The number of Topliss-reactive ketones (excluding diaryl/α,β-unsaturated/α-hetero) is 1. The van der Waals surface area contributed by atoms with Gasteiger partial charge in [-0.15, -0.1) is 0 Å². The minimum atomic E-state index is -3.74. The fourth-order valence-corrected chi connectivity index (χ4v) is 7.39. The number of hydrogen-bond donors (Lipinski definition) is 1. The molecule has 0 aliphatic heterocycles. The van der Waals surface area contributed by atoms with E-state index >= 15 is 0 Å². The summed E-state index contributed by atoms with van der Waals surface area (Å²) in [5.74, 6) is -0.786. The predicted molar refractivity (Wildman–Crippen MR) is 123 cm³/mol. The number of sulfonamides is 1. The molecule has 0 spiro atoms. The molecular formula is C25H29NO5S. The Kier molecular flexibility index (Phi) is 5.44. The molecular weight excluding hydrogens is 426 g/mol. The van der Waals surface area contributed by atoms with Gasteiger partial charge in [0, 0.05) is 6.42 Å². The first-order valence-corrected chi connectivity index (χ1v) is 12.8. The Bertz CT molecular complexity index is 1190. The molecule has 2 aliphatic carbocycles. The first-order chi connectivity index (χ1) is 15.0. The summed E-state index contributed by atoms with van der Waals surface area (Å²) in [5, 5.41) is 9.25. The maximum Gasteiger partial charge on any atom is 0.335 e. The number of nitrogens with zero attached hydrogens (tertiary/aromatic N) is 1. The normalized spacial score (nSPS) is 24.0. The van der Waals surface area contributed by atoms with E-state index in [-0.39, 0.29) is 17.3 Å². The van der Waals surface area contributed by atoms with Crippen LogP contribution in [-0.2, 0) is 27.7 Å². The van der Waals surface area contributed by atoms with Crippen molar-refractivity contribution in [1.82, 2.24) is 0 Å². The third-order valence-corrected chi connectivity index (χ3v) is 8.75. The van der Waals surface area contributed by atoms with Gasteiger partial charge in [-0.2, -0.15) is 0 Å². The Morgan fingerprint density at radius 3 is 2.44 bits per heavy atom. The molecule has 7 heteroatoms. The summed E-state index contributed by atoms with van der Waals surface area (Å²) in [6.45, 7) is 4.04. The minimum absolute atomic E-state index is 0.00753. The molecule has 32 heavy (non-hydrogen) atoms. The predicted octanol–water partition coefficient (Wildman–Crippen LogP) is 4.08. The molecule has 0 aromatic heterocycles. The SMILES string of the molecule is CC1(C)C2CCC1(N(c1ccccc1CCc1cccc(C(=O)O)c1)S(C)(=O)=O)C(=O)C2. The Balaban J connectivity index is 1.75. The average Bonchev–Trinajstić information content (AvgIpc) is 3.08. The van der Waals surface area contributed by atoms with Gasteiger partial charge in [-0.05, 0) is 66.3 Å². The van der Waals surface area contributed by atoms with Crippen LogP contribution in [0.5, 0.6) is 0 Å². The number of carbonyl (C=O) groups excluding carboxylic acids is 1. The van der Waals surface area contributed by atoms with Crippen LogP contribution in [0.25, 0.3) is 0 Å². The molecule has 2 aromatic carbocycles. The van der Waals surface area contributed by atoms with Gasteiger partial charge in [0.15, 0.2) is 5.78 Å². The Labute approximate surface area is 189 Å². The molecule has 0 radical (unpaired) electrons. The lowest BCUT2D eigenvalue weighted by atomic mass is 9.75. The third kappa shape index (κ3) is 3.43. The van der Waals surface area contributed by atoms with Gasteiger partial charge in [0.05, 0.1) is 17.5 Å². The zero-order chi connectivity index (χ0) is 23.3. The Morgan fingerprint density at radius 2 is 1.84 bits per heavy atom. The lowest BCUT2D eigenvalue weighted by Crippen LogP contribution is -2.60. The number of rotatable bonds is 7. The highest BCUT2D eigenvalue weighted by Gasteiger charge is 2.69. The first-order valence-electron chi connectivity index (χ1n) is 10.9. The first kappa shape index (κ1) is 22.5. The second-order valence-corrected chi connectivity index (χ2v) is 11.4. The summed E-state index contributed by atoms with van der Waals surface area (Å²) in [4.78, 5) is 24.6. The van der Waals surface area contributed by atoms with Crippen LogP contribution in [0.15, 0.2) is 48.5 Å². The van der Waals surface area contributed by atoms with Gasteiger partial charge in [-0.25, -0.2) is 13.2 Å². The van der Waals surface area contributed by atoms with E-state index in [2.05, 4.69) is 0 Å². The number of benzene rings is 2. The van der Waals surface area contributed by atoms with Gasteiger partial charge in [-0.3, -0.25) is 9.10 Å². The smallest absolute Gasteiger partial charge is 0.335 e. The van der Waals surface area contributed by atoms with E-state index in [1.807, 2.05) is 32.0 Å². The number of carbonyl (C=O) groups is 2. The molecule has 2 saturated carbocycles. The summed E-state index contributed by atoms with van der Waals surface area (Å²) in [6.07, 6.45) is 4.07. The molecule has 0 saturated heterocycles. The fraction of sp³-hybridized carbons (Fsp3) is 0.440. The lowest BCUT2D eigenvalue weighted by molar-refractivity contribution is -0.123. The van der Waals surface area contributed by atoms with Crippen LogP contribution in [0.3, 0.4) is 0 Å². The van der Waals surface area contributed by atoms with E-state index in [0.717, 1.165) is 17.5 Å². The molecule has 0 heterocycles. The summed E-state index contributed by atoms with van der Waals surface area (Å²) in [5.41, 5.74) is 0.950. The molecule has 2 fully saturated rings. The van der Waals surface area contributed by atoms with Crippen LogP contribution in [0.2, 0.25) is 0 Å². The van der Waals surface area contributed by atoms with Crippen molar-refractivity contribution in [3.63, 3.8) is 0 Å². The van der Waals surface area contributed by atoms with E-state index in [0.29, 0.717) is 31.4 Å². The fourth-order valence-electron chi connectivity index (χ4n) is 5.86. The monoisotopic (exact) mass is 455 g/mol. The standard InChI is InChI=1S/C25H29NO5S/c1-24(2)20-13-14-25(24,22(27)16-20)26(32(3,30)31)21-10-5-4-8-18(21)12-11-17-7-6-9-19(15-17)23(28)29/h4-10,15,20H,11-14,16H2,1-3H3,(H,28,29). The van der Waals surface area contributed by atoms with Gasteiger partial charge in [0.2, 0.25) is 10.0 Å². The number of hydrogen-bond acceptors (Lipinski definition) is 4. The number of carboxylic acids is 1. The van der Waals surface area contributed by atoms with Gasteiger partial charge >= 0.3 is 5.97 Å². The van der Waals surface area contributed by atoms with E-state index in [1.54, 1.807) is 30.3 Å². The van der Waals surface area contributed by atoms with Crippen molar-refractivity contribution in [2.75, 3.05) is 10.6 Å². The number of fused-ring (bicyclic) bond motifs is 2. The van der Waals surface area contributed by atoms with E-state index in [4.69, 9.17) is 0 Å². The van der Waals surface area contributed by atoms with Crippen molar-refractivity contribution in [3.8, 4) is 0 Å². The maximum atomic E-state index is 13.3. The number of carboxylic acid groups (broad SMARTS) is 1. The number of ketones is 1. The zero-order valence-corrected chi connectivity index (χ0v) is 19.5. The summed E-state index contributed by atoms with van der Waals surface area (Å²) in [6, 6.07) is 14.1. The van der Waals surface area contributed by atoms with Crippen LogP contribution in [0, 0.1) is 11.3 Å². The minimum Gasteiger partial charge on any atom is -0.478 e. The van der Waals surface area contributed by atoms with Crippen LogP contribution >= 0.6 is 0 Å². The van der Waals surface area contributed by atoms with Crippen molar-refractivity contribution in [1.29, 1.82) is 0 Å². The van der Waals surface area contributed by atoms with Gasteiger partial charge < -0.3 is 5.11 Å². The van der Waals surface area contributed by atoms with E-state index in [1.165, 1.54) is 10.6 Å². The molecule has 2 aliphatic rings. The quantitative estimate of drug-likeness (QED) is 0.679. The summed E-state index contributed by atoms with van der Waals surface area (Å²) < 4.78 is 27.8. The second kappa shape index (κ2) is 7.73. The Morgan fingerprint density at radius 1 is 1.12 bits per heavy atom. The van der Waals surface area contributed by atoms with Crippen molar-refractivity contribution < 1.29 is 23.1 Å². The summed E-state index contributed by atoms with van der Waals surface area (Å²) >= 11 is 0. The zero-order valence-electron chi connectivity index (χ0n) is 18.7. The molecule has 1 N–H and O–H groups in total. The molecule has 6 nitrogen and oxygen atoms in total. The Hall–Kier alpha value is -2.67. The topological polar surface area (TPSA) is 91.8 Å². The highest BCUT2D eigenvalue weighted by Crippen LogP contribution is 2.62. The number of anilines is 1. The molecule has 4 rings (SSSR count). The molecule has 2 aromatic rings. The number of aromatic carboxylic acids is 1. The van der Waals surface area contributed by atoms with Gasteiger partial charge in [0.25, 0.3) is 0 Å². The van der Waals surface area contributed by atoms with Crippen molar-refractivity contribution >= 4 is 27.5 Å². The lowest BCUT2D eigenvalue weighted by Gasteiger charge is -2.46. The second-order valence-electron chi connectivity index (χ2n) is 9.61. The van der Waals surface area contributed by atoms with Crippen molar-refractivity contribution in [3.05, 3.63) is 65.2 Å². The van der Waals surface area contributed by atoms with Crippen LogP contribution in [0.4, 0.5) is 5.69 Å². The van der Waals surface area contributed by atoms with Crippen molar-refractivity contribution in [2.45, 2.75) is 51.5 Å². The molecule has 2 unspecified atom stereocenters. The molecule has 0 amide bonds. The van der Waals surface area contributed by atoms with Crippen LogP contribution < -0.4 is 4.31 Å².